The van der Waals surface area contributed by atoms with Crippen molar-refractivity contribution < 1.29 is 4.74 Å². The van der Waals surface area contributed by atoms with Crippen LogP contribution in [0, 0.1) is 0 Å². The Morgan fingerprint density at radius 3 is 2.84 bits per heavy atom. The van der Waals surface area contributed by atoms with Crippen molar-refractivity contribution in [3.8, 4) is 5.75 Å². The van der Waals surface area contributed by atoms with Crippen LogP contribution in [0.15, 0.2) is 81.4 Å². The lowest BCUT2D eigenvalue weighted by atomic mass is 9.85. The summed E-state index contributed by atoms with van der Waals surface area (Å²) in [6.07, 6.45) is 3.83. The van der Waals surface area contributed by atoms with Gasteiger partial charge < -0.3 is 4.74 Å². The number of methoxy groups -OCH3 is 1. The molecule has 1 unspecified atom stereocenters. The zero-order valence-corrected chi connectivity index (χ0v) is 19.1. The summed E-state index contributed by atoms with van der Waals surface area (Å²) in [5.41, 5.74) is 5.76. The summed E-state index contributed by atoms with van der Waals surface area (Å²) in [6.45, 7) is 0. The summed E-state index contributed by atoms with van der Waals surface area (Å²) in [6, 6.07) is 20.4. The number of nitrogens with zero attached hydrogens (tertiary/aromatic N) is 2. The van der Waals surface area contributed by atoms with E-state index in [1.807, 2.05) is 34.9 Å². The van der Waals surface area contributed by atoms with Crippen LogP contribution in [0.5, 0.6) is 5.75 Å². The third kappa shape index (κ3) is 3.10. The van der Waals surface area contributed by atoms with Gasteiger partial charge >= 0.3 is 0 Å². The van der Waals surface area contributed by atoms with Crippen LogP contribution in [0.3, 0.4) is 0 Å². The fraction of sp³-hybridized carbons (Fsp3) is 0.154. The SMILES string of the molecule is COc1cccc(C=c2sc3n(c2=O)C(c2cccs2)C2=C(N=3)c3ccccc3CC2)c1. The van der Waals surface area contributed by atoms with E-state index in [1.165, 1.54) is 32.9 Å². The molecule has 4 aromatic rings. The fourth-order valence-corrected chi connectivity index (χ4v) is 6.45. The van der Waals surface area contributed by atoms with E-state index in [0.717, 1.165) is 34.7 Å². The molecule has 2 aromatic heterocycles. The van der Waals surface area contributed by atoms with Crippen LogP contribution in [0.1, 0.15) is 34.0 Å². The van der Waals surface area contributed by atoms with Gasteiger partial charge in [-0.2, -0.15) is 0 Å². The monoisotopic (exact) mass is 456 g/mol. The average Bonchev–Trinajstić information content (AvgIpc) is 3.46. The largest absolute Gasteiger partial charge is 0.497 e. The number of thiazole rings is 1. The van der Waals surface area contributed by atoms with Gasteiger partial charge in [-0.25, -0.2) is 4.99 Å². The maximum atomic E-state index is 13.6. The minimum Gasteiger partial charge on any atom is -0.497 e. The van der Waals surface area contributed by atoms with E-state index in [1.54, 1.807) is 18.4 Å². The lowest BCUT2D eigenvalue weighted by Gasteiger charge is -2.30. The first kappa shape index (κ1) is 19.5. The second-order valence-electron chi connectivity index (χ2n) is 7.91. The molecule has 6 rings (SSSR count). The number of thiophene rings is 1. The van der Waals surface area contributed by atoms with E-state index < -0.39 is 0 Å². The number of ether oxygens (including phenoxy) is 1. The highest BCUT2D eigenvalue weighted by Gasteiger charge is 2.32. The second-order valence-corrected chi connectivity index (χ2v) is 9.89. The van der Waals surface area contributed by atoms with Crippen LogP contribution < -0.4 is 19.6 Å². The van der Waals surface area contributed by atoms with Crippen LogP contribution in [-0.2, 0) is 6.42 Å². The van der Waals surface area contributed by atoms with Crippen molar-refractivity contribution in [1.29, 1.82) is 0 Å². The Morgan fingerprint density at radius 1 is 1.09 bits per heavy atom. The number of aromatic nitrogens is 1. The number of rotatable bonds is 3. The van der Waals surface area contributed by atoms with Gasteiger partial charge in [0.15, 0.2) is 4.80 Å². The molecular formula is C26H20N2O2S2. The molecule has 158 valence electrons. The van der Waals surface area contributed by atoms with Crippen LogP contribution in [0.4, 0.5) is 0 Å². The predicted octanol–water partition coefficient (Wildman–Crippen LogP) is 4.39. The molecule has 0 N–H and O–H groups in total. The summed E-state index contributed by atoms with van der Waals surface area (Å²) >= 11 is 3.16. The van der Waals surface area contributed by atoms with Gasteiger partial charge in [0.1, 0.15) is 5.75 Å². The summed E-state index contributed by atoms with van der Waals surface area (Å²) in [4.78, 5) is 20.6. The maximum Gasteiger partial charge on any atom is 0.271 e. The van der Waals surface area contributed by atoms with E-state index in [9.17, 15) is 4.79 Å². The molecular weight excluding hydrogens is 436 g/mol. The van der Waals surface area contributed by atoms with Gasteiger partial charge in [0.2, 0.25) is 0 Å². The summed E-state index contributed by atoms with van der Waals surface area (Å²) < 4.78 is 7.93. The molecule has 0 bridgehead atoms. The van der Waals surface area contributed by atoms with E-state index in [4.69, 9.17) is 9.73 Å². The van der Waals surface area contributed by atoms with E-state index in [0.29, 0.717) is 4.53 Å². The van der Waals surface area contributed by atoms with Crippen molar-refractivity contribution in [3.63, 3.8) is 0 Å². The van der Waals surface area contributed by atoms with Crippen molar-refractivity contribution in [2.45, 2.75) is 18.9 Å². The van der Waals surface area contributed by atoms with E-state index >= 15 is 0 Å². The van der Waals surface area contributed by atoms with Crippen molar-refractivity contribution in [2.75, 3.05) is 7.11 Å². The molecule has 6 heteroatoms. The number of hydrogen-bond donors (Lipinski definition) is 0. The minimum atomic E-state index is -0.0953. The highest BCUT2D eigenvalue weighted by molar-refractivity contribution is 7.10. The van der Waals surface area contributed by atoms with Gasteiger partial charge in [-0.05, 0) is 59.2 Å². The van der Waals surface area contributed by atoms with Crippen LogP contribution >= 0.6 is 22.7 Å². The van der Waals surface area contributed by atoms with Crippen molar-refractivity contribution in [2.24, 2.45) is 4.99 Å². The van der Waals surface area contributed by atoms with Crippen LogP contribution in [-0.4, -0.2) is 11.7 Å². The number of aryl methyl sites for hydroxylation is 1. The zero-order valence-electron chi connectivity index (χ0n) is 17.4. The minimum absolute atomic E-state index is 0.0142. The highest BCUT2D eigenvalue weighted by atomic mass is 32.1. The van der Waals surface area contributed by atoms with Gasteiger partial charge in [0, 0.05) is 10.4 Å². The maximum absolute atomic E-state index is 13.6. The van der Waals surface area contributed by atoms with E-state index in [2.05, 4.69) is 41.8 Å². The van der Waals surface area contributed by atoms with E-state index in [-0.39, 0.29) is 11.6 Å². The summed E-state index contributed by atoms with van der Waals surface area (Å²) in [5.74, 6) is 0.773. The number of hydrogen-bond acceptors (Lipinski definition) is 5. The Kier molecular flexibility index (Phi) is 4.70. The molecule has 1 aliphatic carbocycles. The van der Waals surface area contributed by atoms with Crippen molar-refractivity contribution in [1.82, 2.24) is 4.57 Å². The van der Waals surface area contributed by atoms with Crippen molar-refractivity contribution in [3.05, 3.63) is 113 Å². The summed E-state index contributed by atoms with van der Waals surface area (Å²) in [5, 5.41) is 2.08. The van der Waals surface area contributed by atoms with Crippen molar-refractivity contribution >= 4 is 34.4 Å². The van der Waals surface area contributed by atoms with Crippen LogP contribution in [0.25, 0.3) is 11.8 Å². The number of fused-ring (bicyclic) bond motifs is 3. The molecule has 2 aromatic carbocycles. The first-order valence-electron chi connectivity index (χ1n) is 10.5. The molecule has 0 spiro atoms. The first-order valence-corrected chi connectivity index (χ1v) is 12.2. The zero-order chi connectivity index (χ0) is 21.7. The van der Waals surface area contributed by atoms with Gasteiger partial charge in [0.05, 0.1) is 23.4 Å². The molecule has 0 fully saturated rings. The molecule has 0 amide bonds. The lowest BCUT2D eigenvalue weighted by Crippen LogP contribution is -2.38. The predicted molar refractivity (Wildman–Crippen MR) is 130 cm³/mol. The number of allylic oxidation sites excluding steroid dienone is 1. The lowest BCUT2D eigenvalue weighted by molar-refractivity contribution is 0.414. The first-order chi connectivity index (χ1) is 15.7. The second kappa shape index (κ2) is 7.73. The smallest absolute Gasteiger partial charge is 0.271 e. The normalized spacial score (nSPS) is 17.4. The standard InChI is InChI=1S/C26H20N2O2S2/c1-30-18-8-4-6-16(14-18)15-22-25(29)28-24(21-10-5-13-31-21)20-12-11-17-7-2-3-9-19(17)23(20)27-26(28)32-22/h2-10,13-15,24H,11-12H2,1H3. The Balaban J connectivity index is 1.61. The van der Waals surface area contributed by atoms with Gasteiger partial charge in [-0.1, -0.05) is 53.8 Å². The molecule has 0 radical (unpaired) electrons. The quantitative estimate of drug-likeness (QED) is 0.459. The third-order valence-electron chi connectivity index (χ3n) is 6.08. The molecule has 1 atom stereocenters. The topological polar surface area (TPSA) is 43.6 Å². The van der Waals surface area contributed by atoms with Gasteiger partial charge in [-0.3, -0.25) is 9.36 Å². The molecule has 1 aliphatic heterocycles. The Hall–Kier alpha value is -3.22. The molecule has 0 saturated carbocycles. The fourth-order valence-electron chi connectivity index (χ4n) is 4.60. The summed E-state index contributed by atoms with van der Waals surface area (Å²) in [7, 11) is 1.65. The highest BCUT2D eigenvalue weighted by Crippen LogP contribution is 2.42. The molecule has 2 aliphatic rings. The Bertz CT molecular complexity index is 1540. The number of benzene rings is 2. The molecule has 32 heavy (non-hydrogen) atoms. The average molecular weight is 457 g/mol. The molecule has 4 nitrogen and oxygen atoms in total. The van der Waals surface area contributed by atoms with Gasteiger partial charge in [0.25, 0.3) is 5.56 Å². The van der Waals surface area contributed by atoms with Gasteiger partial charge in [-0.15, -0.1) is 11.3 Å². The third-order valence-corrected chi connectivity index (χ3v) is 7.98. The molecule has 0 saturated heterocycles. The Morgan fingerprint density at radius 2 is 2.00 bits per heavy atom. The van der Waals surface area contributed by atoms with Crippen LogP contribution in [0.2, 0.25) is 0 Å². The molecule has 3 heterocycles. The Labute approximate surface area is 193 Å².